The molecule has 0 unspecified atom stereocenters. The van der Waals surface area contributed by atoms with E-state index in [0.29, 0.717) is 25.3 Å². The zero-order valence-electron chi connectivity index (χ0n) is 16.5. The number of halogens is 3. The molecule has 0 aliphatic carbocycles. The molecule has 2 aromatic carbocycles. The van der Waals surface area contributed by atoms with Crippen LogP contribution in [0.2, 0.25) is 0 Å². The van der Waals surface area contributed by atoms with Crippen molar-refractivity contribution in [1.29, 1.82) is 0 Å². The predicted molar refractivity (Wildman–Crippen MR) is 107 cm³/mol. The van der Waals surface area contributed by atoms with Crippen molar-refractivity contribution in [3.8, 4) is 0 Å². The second-order valence-corrected chi connectivity index (χ2v) is 8.74. The Morgan fingerprint density at radius 3 is 2.31 bits per heavy atom. The Morgan fingerprint density at radius 1 is 1.12 bits per heavy atom. The Kier molecular flexibility index (Phi) is 6.81. The number of carbonyl (C=O) groups excluding carboxylic acids is 1. The highest BCUT2D eigenvalue weighted by Crippen LogP contribution is 2.37. The number of carbonyl (C=O) groups is 1. The van der Waals surface area contributed by atoms with E-state index >= 15 is 0 Å². The standard InChI is InChI=1S/C19H18F3N3O6S/c20-19(21,22)16-11-14(3-6-17(16)25(27)28)23-12-18(26)13-1-4-15(5-2-13)32(29,30)24-7-9-31-10-8-24/h1-6,11,23H,7-10,12H2. The smallest absolute Gasteiger partial charge is 0.379 e. The van der Waals surface area contributed by atoms with Gasteiger partial charge in [-0.3, -0.25) is 14.9 Å². The van der Waals surface area contributed by atoms with Crippen LogP contribution in [-0.4, -0.2) is 56.3 Å². The number of ether oxygens (including phenoxy) is 1. The van der Waals surface area contributed by atoms with E-state index in [1.165, 1.54) is 28.6 Å². The molecular formula is C19H18F3N3O6S. The number of nitrogens with one attached hydrogen (secondary N) is 1. The summed E-state index contributed by atoms with van der Waals surface area (Å²) in [4.78, 5) is 22.1. The van der Waals surface area contributed by atoms with Crippen LogP contribution in [0, 0.1) is 10.1 Å². The first-order valence-electron chi connectivity index (χ1n) is 9.31. The number of alkyl halides is 3. The van der Waals surface area contributed by atoms with Gasteiger partial charge in [-0.1, -0.05) is 0 Å². The summed E-state index contributed by atoms with van der Waals surface area (Å²) in [5.74, 6) is -0.507. The van der Waals surface area contributed by atoms with Gasteiger partial charge >= 0.3 is 6.18 Å². The number of rotatable bonds is 7. The maximum atomic E-state index is 13.1. The van der Waals surface area contributed by atoms with E-state index in [1.807, 2.05) is 0 Å². The highest BCUT2D eigenvalue weighted by atomic mass is 32.2. The van der Waals surface area contributed by atoms with Gasteiger partial charge in [0.25, 0.3) is 5.69 Å². The number of nitrogens with zero attached hydrogens (tertiary/aromatic N) is 2. The van der Waals surface area contributed by atoms with E-state index in [0.717, 1.165) is 6.07 Å². The molecule has 0 atom stereocenters. The van der Waals surface area contributed by atoms with Gasteiger partial charge in [-0.2, -0.15) is 17.5 Å². The lowest BCUT2D eigenvalue weighted by Gasteiger charge is -2.26. The van der Waals surface area contributed by atoms with Gasteiger partial charge < -0.3 is 10.1 Å². The van der Waals surface area contributed by atoms with Crippen LogP contribution in [0.25, 0.3) is 0 Å². The lowest BCUT2D eigenvalue weighted by molar-refractivity contribution is -0.388. The van der Waals surface area contributed by atoms with Gasteiger partial charge in [0.2, 0.25) is 10.0 Å². The zero-order chi connectivity index (χ0) is 23.5. The quantitative estimate of drug-likeness (QED) is 0.373. The van der Waals surface area contributed by atoms with Crippen molar-refractivity contribution < 1.29 is 36.0 Å². The molecule has 1 aliphatic rings. The molecule has 1 fully saturated rings. The third-order valence-electron chi connectivity index (χ3n) is 4.74. The van der Waals surface area contributed by atoms with Gasteiger partial charge in [-0.25, -0.2) is 8.42 Å². The largest absolute Gasteiger partial charge is 0.423 e. The van der Waals surface area contributed by atoms with Gasteiger partial charge in [0.15, 0.2) is 5.78 Å². The number of sulfonamides is 1. The third-order valence-corrected chi connectivity index (χ3v) is 6.65. The highest BCUT2D eigenvalue weighted by Gasteiger charge is 2.38. The summed E-state index contributed by atoms with van der Waals surface area (Å²) in [7, 11) is -3.72. The monoisotopic (exact) mass is 473 g/mol. The molecule has 0 spiro atoms. The van der Waals surface area contributed by atoms with Crippen molar-refractivity contribution in [3.63, 3.8) is 0 Å². The van der Waals surface area contributed by atoms with Gasteiger partial charge in [-0.05, 0) is 36.4 Å². The minimum Gasteiger partial charge on any atom is -0.379 e. The summed E-state index contributed by atoms with van der Waals surface area (Å²) in [6, 6.07) is 7.53. The normalized spacial score (nSPS) is 15.3. The Hall–Kier alpha value is -3.03. The van der Waals surface area contributed by atoms with Gasteiger partial charge in [0.05, 0.1) is 29.6 Å². The summed E-state index contributed by atoms with van der Waals surface area (Å²) >= 11 is 0. The average molecular weight is 473 g/mol. The number of hydrogen-bond acceptors (Lipinski definition) is 7. The molecule has 0 radical (unpaired) electrons. The first-order valence-corrected chi connectivity index (χ1v) is 10.7. The maximum Gasteiger partial charge on any atom is 0.423 e. The number of morpholine rings is 1. The van der Waals surface area contributed by atoms with Crippen LogP contribution in [0.4, 0.5) is 24.5 Å². The molecule has 32 heavy (non-hydrogen) atoms. The summed E-state index contributed by atoms with van der Waals surface area (Å²) < 4.78 is 70.8. The number of nitro groups is 1. The summed E-state index contributed by atoms with van der Waals surface area (Å²) in [5.41, 5.74) is -2.50. The predicted octanol–water partition coefficient (Wildman–Crippen LogP) is 2.93. The van der Waals surface area contributed by atoms with Crippen LogP contribution in [0.5, 0.6) is 0 Å². The Bertz CT molecular complexity index is 1110. The fourth-order valence-corrected chi connectivity index (χ4v) is 4.47. The van der Waals surface area contributed by atoms with Gasteiger partial charge in [0, 0.05) is 30.4 Å². The van der Waals surface area contributed by atoms with Crippen LogP contribution < -0.4 is 5.32 Å². The van der Waals surface area contributed by atoms with Crippen molar-refractivity contribution in [2.24, 2.45) is 0 Å². The number of benzene rings is 2. The van der Waals surface area contributed by atoms with Crippen molar-refractivity contribution >= 4 is 27.2 Å². The van der Waals surface area contributed by atoms with E-state index in [-0.39, 0.29) is 29.2 Å². The molecule has 172 valence electrons. The molecule has 13 heteroatoms. The first kappa shape index (κ1) is 23.6. The topological polar surface area (TPSA) is 119 Å². The van der Waals surface area contributed by atoms with E-state index in [1.54, 1.807) is 0 Å². The first-order chi connectivity index (χ1) is 15.0. The molecule has 2 aromatic rings. The van der Waals surface area contributed by atoms with Crippen molar-refractivity contribution in [1.82, 2.24) is 4.31 Å². The van der Waals surface area contributed by atoms with Crippen molar-refractivity contribution in [2.45, 2.75) is 11.1 Å². The number of nitro benzene ring substituents is 1. The van der Waals surface area contributed by atoms with E-state index < -0.39 is 44.7 Å². The third kappa shape index (κ3) is 5.23. The number of hydrogen-bond donors (Lipinski definition) is 1. The van der Waals surface area contributed by atoms with Crippen molar-refractivity contribution in [2.75, 3.05) is 38.2 Å². The average Bonchev–Trinajstić information content (AvgIpc) is 2.77. The van der Waals surface area contributed by atoms with E-state index in [2.05, 4.69) is 5.32 Å². The molecule has 3 rings (SSSR count). The number of anilines is 1. The summed E-state index contributed by atoms with van der Waals surface area (Å²) in [6.45, 7) is 0.634. The minimum absolute atomic E-state index is 0.00842. The number of ketones is 1. The summed E-state index contributed by atoms with van der Waals surface area (Å²) in [6.07, 6.45) is -4.94. The van der Waals surface area contributed by atoms with Crippen LogP contribution in [-0.2, 0) is 20.9 Å². The summed E-state index contributed by atoms with van der Waals surface area (Å²) in [5, 5.41) is 13.3. The number of Topliss-reactive ketones (excluding diaryl/α,β-unsaturated/α-hetero) is 1. The minimum atomic E-state index is -4.94. The van der Waals surface area contributed by atoms with Crippen LogP contribution in [0.15, 0.2) is 47.4 Å². The zero-order valence-corrected chi connectivity index (χ0v) is 17.3. The fourth-order valence-electron chi connectivity index (χ4n) is 3.07. The molecule has 0 saturated carbocycles. The Labute approximate surface area is 181 Å². The van der Waals surface area contributed by atoms with E-state index in [9.17, 15) is 36.5 Å². The molecule has 9 nitrogen and oxygen atoms in total. The van der Waals surface area contributed by atoms with E-state index in [4.69, 9.17) is 4.74 Å². The highest BCUT2D eigenvalue weighted by molar-refractivity contribution is 7.89. The van der Waals surface area contributed by atoms with Crippen molar-refractivity contribution in [3.05, 3.63) is 63.7 Å². The van der Waals surface area contributed by atoms with Gasteiger partial charge in [0.1, 0.15) is 5.56 Å². The Balaban J connectivity index is 1.70. The van der Waals surface area contributed by atoms with Crippen LogP contribution in [0.3, 0.4) is 0 Å². The molecule has 1 N–H and O–H groups in total. The lowest BCUT2D eigenvalue weighted by atomic mass is 10.1. The maximum absolute atomic E-state index is 13.1. The SMILES string of the molecule is O=C(CNc1ccc([N+](=O)[O-])c(C(F)(F)F)c1)c1ccc(S(=O)(=O)N2CCOCC2)cc1. The second-order valence-electron chi connectivity index (χ2n) is 6.80. The van der Waals surface area contributed by atoms with Crippen LogP contribution in [0.1, 0.15) is 15.9 Å². The molecule has 0 aromatic heterocycles. The molecule has 0 amide bonds. The molecule has 1 heterocycles. The molecule has 0 bridgehead atoms. The van der Waals surface area contributed by atoms with Gasteiger partial charge in [-0.15, -0.1) is 0 Å². The molecule has 1 aliphatic heterocycles. The fraction of sp³-hybridized carbons (Fsp3) is 0.316. The molecular weight excluding hydrogens is 455 g/mol. The lowest BCUT2D eigenvalue weighted by Crippen LogP contribution is -2.40. The molecule has 1 saturated heterocycles. The van der Waals surface area contributed by atoms with Crippen LogP contribution >= 0.6 is 0 Å². The second kappa shape index (κ2) is 9.22. The Morgan fingerprint density at radius 2 is 1.75 bits per heavy atom.